The fourth-order valence-corrected chi connectivity index (χ4v) is 6.67. The van der Waals surface area contributed by atoms with Crippen molar-refractivity contribution in [2.75, 3.05) is 0 Å². The summed E-state index contributed by atoms with van der Waals surface area (Å²) in [5, 5.41) is 10.9. The average molecular weight is 284 g/mol. The van der Waals surface area contributed by atoms with E-state index in [1.807, 2.05) is 0 Å². The first-order chi connectivity index (χ1) is 10.1. The van der Waals surface area contributed by atoms with Crippen LogP contribution in [0.15, 0.2) is 12.2 Å². The van der Waals surface area contributed by atoms with Crippen LogP contribution in [0.5, 0.6) is 0 Å². The molecule has 1 nitrogen and oxygen atoms in total. The molecule has 0 heterocycles. The molecule has 1 heteroatoms. The van der Waals surface area contributed by atoms with E-state index in [9.17, 15) is 5.11 Å². The SMILES string of the molecule is C#C[C@]1(O)CC[C@H]2[C@@H]3CC[C@H]4CC=CC[C@@H]4[C@H]3CC[C@@]21C. The summed E-state index contributed by atoms with van der Waals surface area (Å²) in [6.07, 6.45) is 20.3. The summed E-state index contributed by atoms with van der Waals surface area (Å²) in [6.45, 7) is 2.29. The first-order valence-electron chi connectivity index (χ1n) is 8.94. The van der Waals surface area contributed by atoms with Gasteiger partial charge in [-0.3, -0.25) is 0 Å². The van der Waals surface area contributed by atoms with Crippen molar-refractivity contribution in [2.45, 2.75) is 63.9 Å². The van der Waals surface area contributed by atoms with Crippen LogP contribution in [0.3, 0.4) is 0 Å². The Labute approximate surface area is 129 Å². The van der Waals surface area contributed by atoms with Gasteiger partial charge < -0.3 is 5.11 Å². The van der Waals surface area contributed by atoms with Crippen LogP contribution in [0, 0.1) is 47.3 Å². The van der Waals surface area contributed by atoms with Gasteiger partial charge in [-0.15, -0.1) is 6.42 Å². The predicted molar refractivity (Wildman–Crippen MR) is 85.4 cm³/mol. The van der Waals surface area contributed by atoms with E-state index < -0.39 is 5.60 Å². The van der Waals surface area contributed by atoms with Crippen LogP contribution in [-0.4, -0.2) is 10.7 Å². The van der Waals surface area contributed by atoms with Crippen LogP contribution < -0.4 is 0 Å². The molecule has 0 radical (unpaired) electrons. The maximum absolute atomic E-state index is 10.9. The highest BCUT2D eigenvalue weighted by atomic mass is 16.3. The summed E-state index contributed by atoms with van der Waals surface area (Å²) in [4.78, 5) is 0. The molecule has 0 aromatic carbocycles. The van der Waals surface area contributed by atoms with E-state index in [4.69, 9.17) is 6.42 Å². The van der Waals surface area contributed by atoms with Crippen molar-refractivity contribution < 1.29 is 5.11 Å². The van der Waals surface area contributed by atoms with Gasteiger partial charge in [0, 0.05) is 5.41 Å². The first kappa shape index (κ1) is 13.9. The van der Waals surface area contributed by atoms with Crippen molar-refractivity contribution in [3.8, 4) is 12.3 Å². The predicted octanol–water partition coefficient (Wildman–Crippen LogP) is 4.17. The molecule has 7 atom stereocenters. The zero-order valence-corrected chi connectivity index (χ0v) is 13.2. The van der Waals surface area contributed by atoms with Gasteiger partial charge in [0.15, 0.2) is 0 Å². The molecule has 21 heavy (non-hydrogen) atoms. The number of rotatable bonds is 0. The molecule has 0 aromatic rings. The van der Waals surface area contributed by atoms with Gasteiger partial charge in [-0.05, 0) is 81.0 Å². The lowest BCUT2D eigenvalue weighted by Gasteiger charge is -2.55. The minimum absolute atomic E-state index is 0.0275. The third-order valence-electron chi connectivity index (χ3n) is 7.92. The average Bonchev–Trinajstić information content (AvgIpc) is 2.79. The first-order valence-corrected chi connectivity index (χ1v) is 8.94. The van der Waals surface area contributed by atoms with Gasteiger partial charge >= 0.3 is 0 Å². The number of fused-ring (bicyclic) bond motifs is 5. The van der Waals surface area contributed by atoms with Crippen molar-refractivity contribution in [1.29, 1.82) is 0 Å². The highest BCUT2D eigenvalue weighted by Crippen LogP contribution is 2.64. The number of allylic oxidation sites excluding steroid dienone is 2. The summed E-state index contributed by atoms with van der Waals surface area (Å²) in [6, 6.07) is 0. The molecular formula is C20H28O. The lowest BCUT2D eigenvalue weighted by atomic mass is 9.50. The molecule has 3 saturated carbocycles. The molecular weight excluding hydrogens is 256 g/mol. The Balaban J connectivity index is 1.64. The van der Waals surface area contributed by atoms with Gasteiger partial charge in [-0.2, -0.15) is 0 Å². The van der Waals surface area contributed by atoms with E-state index in [2.05, 4.69) is 25.0 Å². The Morgan fingerprint density at radius 1 is 1.00 bits per heavy atom. The second-order valence-electron chi connectivity index (χ2n) is 8.38. The Kier molecular flexibility index (Phi) is 3.06. The summed E-state index contributed by atoms with van der Waals surface area (Å²) < 4.78 is 0. The topological polar surface area (TPSA) is 20.2 Å². The van der Waals surface area contributed by atoms with Crippen molar-refractivity contribution in [3.05, 3.63) is 12.2 Å². The molecule has 3 fully saturated rings. The molecule has 0 aromatic heterocycles. The second-order valence-corrected chi connectivity index (χ2v) is 8.38. The van der Waals surface area contributed by atoms with Gasteiger partial charge in [-0.25, -0.2) is 0 Å². The molecule has 0 aliphatic heterocycles. The molecule has 0 unspecified atom stereocenters. The smallest absolute Gasteiger partial charge is 0.130 e. The quantitative estimate of drug-likeness (QED) is 0.523. The lowest BCUT2D eigenvalue weighted by Crippen LogP contribution is -2.52. The van der Waals surface area contributed by atoms with E-state index in [-0.39, 0.29) is 5.41 Å². The molecule has 4 aliphatic carbocycles. The second kappa shape index (κ2) is 4.63. The summed E-state index contributed by atoms with van der Waals surface area (Å²) in [5.41, 5.74) is -0.869. The lowest BCUT2D eigenvalue weighted by molar-refractivity contribution is -0.0996. The van der Waals surface area contributed by atoms with Gasteiger partial charge in [0.1, 0.15) is 5.60 Å². The van der Waals surface area contributed by atoms with Gasteiger partial charge in [0.2, 0.25) is 0 Å². The largest absolute Gasteiger partial charge is 0.377 e. The van der Waals surface area contributed by atoms with E-state index in [0.717, 1.165) is 42.9 Å². The fourth-order valence-electron chi connectivity index (χ4n) is 6.67. The molecule has 1 N–H and O–H groups in total. The van der Waals surface area contributed by atoms with Crippen LogP contribution in [0.2, 0.25) is 0 Å². The Morgan fingerprint density at radius 2 is 1.81 bits per heavy atom. The molecule has 0 amide bonds. The zero-order valence-electron chi connectivity index (χ0n) is 13.2. The molecule has 0 spiro atoms. The Hall–Kier alpha value is -0.740. The van der Waals surface area contributed by atoms with Crippen LogP contribution >= 0.6 is 0 Å². The standard InChI is InChI=1S/C20H28O/c1-3-20(21)13-11-18-17-9-8-14-6-4-5-7-15(14)16(17)10-12-19(18,20)2/h1,4-5,14-18,21H,6-13H2,2H3/t14-,15+,16-,17-,18+,19+,20+/m1/s1. The number of terminal acetylenes is 1. The van der Waals surface area contributed by atoms with E-state index in [1.54, 1.807) is 0 Å². The number of hydrogen-bond acceptors (Lipinski definition) is 1. The van der Waals surface area contributed by atoms with Gasteiger partial charge in [0.25, 0.3) is 0 Å². The van der Waals surface area contributed by atoms with Crippen LogP contribution in [-0.2, 0) is 0 Å². The molecule has 0 saturated heterocycles. The molecule has 4 aliphatic rings. The third kappa shape index (κ3) is 1.75. The van der Waals surface area contributed by atoms with E-state index in [1.165, 1.54) is 32.1 Å². The zero-order chi connectivity index (χ0) is 14.7. The normalized spacial score (nSPS) is 55.2. The van der Waals surface area contributed by atoms with Crippen molar-refractivity contribution >= 4 is 0 Å². The van der Waals surface area contributed by atoms with Crippen LogP contribution in [0.4, 0.5) is 0 Å². The minimum atomic E-state index is -0.841. The summed E-state index contributed by atoms with van der Waals surface area (Å²) in [5.74, 6) is 7.00. The van der Waals surface area contributed by atoms with Crippen molar-refractivity contribution in [2.24, 2.45) is 35.0 Å². The fraction of sp³-hybridized carbons (Fsp3) is 0.800. The Morgan fingerprint density at radius 3 is 2.62 bits per heavy atom. The van der Waals surface area contributed by atoms with Crippen molar-refractivity contribution in [1.82, 2.24) is 0 Å². The van der Waals surface area contributed by atoms with Crippen LogP contribution in [0.25, 0.3) is 0 Å². The summed E-state index contributed by atoms with van der Waals surface area (Å²) >= 11 is 0. The highest BCUT2D eigenvalue weighted by molar-refractivity contribution is 5.23. The van der Waals surface area contributed by atoms with Gasteiger partial charge in [0.05, 0.1) is 0 Å². The highest BCUT2D eigenvalue weighted by Gasteiger charge is 2.62. The van der Waals surface area contributed by atoms with Gasteiger partial charge in [-0.1, -0.05) is 25.0 Å². The molecule has 4 rings (SSSR count). The molecule has 0 bridgehead atoms. The molecule has 114 valence electrons. The van der Waals surface area contributed by atoms with Crippen LogP contribution in [0.1, 0.15) is 58.3 Å². The van der Waals surface area contributed by atoms with E-state index in [0.29, 0.717) is 5.92 Å². The monoisotopic (exact) mass is 284 g/mol. The Bertz CT molecular complexity index is 500. The maximum Gasteiger partial charge on any atom is 0.130 e. The third-order valence-corrected chi connectivity index (χ3v) is 7.92. The number of hydrogen-bond donors (Lipinski definition) is 1. The maximum atomic E-state index is 10.9. The summed E-state index contributed by atoms with van der Waals surface area (Å²) in [7, 11) is 0. The number of aliphatic hydroxyl groups is 1. The minimum Gasteiger partial charge on any atom is -0.377 e. The van der Waals surface area contributed by atoms with Crippen molar-refractivity contribution in [3.63, 3.8) is 0 Å². The van der Waals surface area contributed by atoms with E-state index >= 15 is 0 Å².